The lowest BCUT2D eigenvalue weighted by Gasteiger charge is -2.19. The molecule has 0 saturated heterocycles. The van der Waals surface area contributed by atoms with Crippen LogP contribution >= 0.6 is 0 Å². The minimum atomic E-state index is 0. The fourth-order valence-electron chi connectivity index (χ4n) is 3.65. The predicted molar refractivity (Wildman–Crippen MR) is 174 cm³/mol. The molecule has 3 atom stereocenters. The third-order valence-corrected chi connectivity index (χ3v) is 5.57. The van der Waals surface area contributed by atoms with Crippen molar-refractivity contribution in [2.45, 2.75) is 145 Å². The van der Waals surface area contributed by atoms with Crippen LogP contribution in [0.3, 0.4) is 0 Å². The van der Waals surface area contributed by atoms with Gasteiger partial charge in [0, 0.05) is 0 Å². The van der Waals surface area contributed by atoms with E-state index in [9.17, 15) is 0 Å². The van der Waals surface area contributed by atoms with Crippen molar-refractivity contribution in [1.29, 1.82) is 0 Å². The molecule has 0 radical (unpaired) electrons. The molecule has 0 aliphatic heterocycles. The maximum atomic E-state index is 2.37. The second-order valence-electron chi connectivity index (χ2n) is 7.41. The zero-order chi connectivity index (χ0) is 17.2. The van der Waals surface area contributed by atoms with Crippen LogP contribution in [0.5, 0.6) is 0 Å². The summed E-state index contributed by atoms with van der Waals surface area (Å²) >= 11 is 0. The fraction of sp³-hybridized carbons (Fsp3) is 0.647. The van der Waals surface area contributed by atoms with E-state index in [0.29, 0.717) is 11.8 Å². The van der Waals surface area contributed by atoms with E-state index in [0.717, 1.165) is 5.92 Å². The summed E-state index contributed by atoms with van der Waals surface area (Å²) < 4.78 is 0. The van der Waals surface area contributed by atoms with Gasteiger partial charge in [-0.25, -0.2) is 0 Å². The predicted octanol–water partition coefficient (Wildman–Crippen LogP) is 13.9. The molecule has 0 spiro atoms. The lowest BCUT2D eigenvalue weighted by molar-refractivity contribution is 0.388. The molecule has 0 heterocycles. The summed E-state index contributed by atoms with van der Waals surface area (Å²) in [6.45, 7) is 7.10. The van der Waals surface area contributed by atoms with E-state index in [1.54, 1.807) is 0 Å². The zero-order valence-electron chi connectivity index (χ0n) is 15.7. The van der Waals surface area contributed by atoms with Crippen LogP contribution in [0.2, 0.25) is 0 Å². The third kappa shape index (κ3) is 21.0. The highest BCUT2D eigenvalue weighted by Gasteiger charge is 2.12. The molecule has 2 rings (SSSR count). The summed E-state index contributed by atoms with van der Waals surface area (Å²) in [5.41, 5.74) is 2.98. The van der Waals surface area contributed by atoms with Gasteiger partial charge >= 0.3 is 0 Å². The monoisotopic (exact) mass is 483 g/mol. The van der Waals surface area contributed by atoms with E-state index in [2.05, 4.69) is 81.4 Å². The van der Waals surface area contributed by atoms with Crippen molar-refractivity contribution >= 4 is 0 Å². The Bertz CT molecular complexity index is 543. The Morgan fingerprint density at radius 3 is 1.18 bits per heavy atom. The van der Waals surface area contributed by atoms with Gasteiger partial charge in [0.05, 0.1) is 0 Å². The minimum Gasteiger partial charge on any atom is -0.0776 e. The molecule has 34 heavy (non-hydrogen) atoms. The van der Waals surface area contributed by atoms with Crippen molar-refractivity contribution < 1.29 is 0 Å². The maximum Gasteiger partial charge on any atom is -0.0190 e. The summed E-state index contributed by atoms with van der Waals surface area (Å²) in [4.78, 5) is 0. The van der Waals surface area contributed by atoms with Gasteiger partial charge in [0.25, 0.3) is 0 Å². The summed E-state index contributed by atoms with van der Waals surface area (Å²) in [5.74, 6) is 2.26. The van der Waals surface area contributed by atoms with E-state index >= 15 is 0 Å². The highest BCUT2D eigenvalue weighted by atomic mass is 14.2. The van der Waals surface area contributed by atoms with Crippen LogP contribution in [0, 0.1) is 5.92 Å². The first-order valence-electron chi connectivity index (χ1n) is 9.80. The van der Waals surface area contributed by atoms with Crippen LogP contribution in [0.25, 0.3) is 0 Å². The minimum absolute atomic E-state index is 0. The first kappa shape index (κ1) is 58.4. The van der Waals surface area contributed by atoms with Crippen LogP contribution in [-0.4, -0.2) is 0 Å². The van der Waals surface area contributed by atoms with Gasteiger partial charge in [-0.2, -0.15) is 0 Å². The molecule has 0 nitrogen and oxygen atoms in total. The standard InChI is InChI=1S/C24H34.10CH4/c1-4-22(19-18-21(3)24-16-9-6-10-17-24)13-11-12-20(2)23-14-7-5-8-15-23;;;;;;;;;;/h5-10,14-17,20-22H,4,11-13,18-19H2,1-3H3;10*1H4. The van der Waals surface area contributed by atoms with Crippen LogP contribution in [-0.2, 0) is 0 Å². The Balaban J connectivity index is -0.0000000893. The van der Waals surface area contributed by atoms with Gasteiger partial charge in [-0.3, -0.25) is 0 Å². The molecular weight excluding hydrogens is 408 g/mol. The van der Waals surface area contributed by atoms with E-state index in [-0.39, 0.29) is 74.3 Å². The van der Waals surface area contributed by atoms with Crippen molar-refractivity contribution in [1.82, 2.24) is 0 Å². The quantitative estimate of drug-likeness (QED) is 0.316. The summed E-state index contributed by atoms with van der Waals surface area (Å²) in [7, 11) is 0. The molecule has 2 aromatic rings. The number of hydrogen-bond donors (Lipinski definition) is 0. The Morgan fingerprint density at radius 2 is 0.824 bits per heavy atom. The molecular formula is C34H74. The average Bonchev–Trinajstić information content (AvgIpc) is 2.65. The highest BCUT2D eigenvalue weighted by Crippen LogP contribution is 2.28. The fourth-order valence-corrected chi connectivity index (χ4v) is 3.65. The smallest absolute Gasteiger partial charge is 0.0190 e. The molecule has 0 saturated carbocycles. The Morgan fingerprint density at radius 1 is 0.471 bits per heavy atom. The van der Waals surface area contributed by atoms with Crippen LogP contribution in [0.1, 0.15) is 157 Å². The van der Waals surface area contributed by atoms with Gasteiger partial charge in [0.15, 0.2) is 0 Å². The summed E-state index contributed by atoms with van der Waals surface area (Å²) in [6.07, 6.45) is 8.06. The van der Waals surface area contributed by atoms with Crippen molar-refractivity contribution in [3.05, 3.63) is 71.8 Å². The molecule has 0 aromatic heterocycles. The molecule has 3 unspecified atom stereocenters. The van der Waals surface area contributed by atoms with Gasteiger partial charge in [0.2, 0.25) is 0 Å². The molecule has 0 N–H and O–H groups in total. The van der Waals surface area contributed by atoms with Gasteiger partial charge in [-0.05, 0) is 48.1 Å². The molecule has 0 heteroatoms. The van der Waals surface area contributed by atoms with Crippen LogP contribution < -0.4 is 0 Å². The third-order valence-electron chi connectivity index (χ3n) is 5.57. The van der Waals surface area contributed by atoms with Crippen molar-refractivity contribution in [2.24, 2.45) is 5.92 Å². The van der Waals surface area contributed by atoms with Crippen LogP contribution in [0.4, 0.5) is 0 Å². The molecule has 2 aromatic carbocycles. The average molecular weight is 483 g/mol. The number of benzene rings is 2. The van der Waals surface area contributed by atoms with Crippen molar-refractivity contribution in [3.63, 3.8) is 0 Å². The number of hydrogen-bond acceptors (Lipinski definition) is 0. The topological polar surface area (TPSA) is 0 Å². The first-order valence-corrected chi connectivity index (χ1v) is 9.80. The van der Waals surface area contributed by atoms with Gasteiger partial charge < -0.3 is 0 Å². The second kappa shape index (κ2) is 33.6. The largest absolute Gasteiger partial charge is 0.0776 e. The van der Waals surface area contributed by atoms with Crippen molar-refractivity contribution in [3.8, 4) is 0 Å². The van der Waals surface area contributed by atoms with E-state index < -0.39 is 0 Å². The Kier molecular flexibility index (Phi) is 57.7. The Labute approximate surface area is 223 Å². The van der Waals surface area contributed by atoms with E-state index in [1.165, 1.54) is 49.7 Å². The lowest BCUT2D eigenvalue weighted by Crippen LogP contribution is -2.03. The van der Waals surface area contributed by atoms with E-state index in [1.807, 2.05) is 0 Å². The molecule has 210 valence electrons. The Hall–Kier alpha value is -1.56. The zero-order valence-corrected chi connectivity index (χ0v) is 15.7. The van der Waals surface area contributed by atoms with Gasteiger partial charge in [-0.15, -0.1) is 0 Å². The second-order valence-corrected chi connectivity index (χ2v) is 7.41. The first-order chi connectivity index (χ1) is 11.7. The van der Waals surface area contributed by atoms with Gasteiger partial charge in [-0.1, -0.05) is 175 Å². The summed E-state index contributed by atoms with van der Waals surface area (Å²) in [6, 6.07) is 21.9. The summed E-state index contributed by atoms with van der Waals surface area (Å²) in [5, 5.41) is 0. The molecule has 0 amide bonds. The van der Waals surface area contributed by atoms with Crippen LogP contribution in [0.15, 0.2) is 60.7 Å². The molecule has 0 fully saturated rings. The van der Waals surface area contributed by atoms with Gasteiger partial charge in [0.1, 0.15) is 0 Å². The molecule has 0 bridgehead atoms. The van der Waals surface area contributed by atoms with Crippen molar-refractivity contribution in [2.75, 3.05) is 0 Å². The SMILES string of the molecule is C.C.C.C.C.C.C.C.C.C.CCC(CCCC(C)c1ccccc1)CCC(C)c1ccccc1. The molecule has 0 aliphatic rings. The molecule has 0 aliphatic carbocycles. The normalized spacial score (nSPS) is 10.6. The maximum absolute atomic E-state index is 2.37. The number of rotatable bonds is 10. The lowest BCUT2D eigenvalue weighted by atomic mass is 9.86. The van der Waals surface area contributed by atoms with E-state index in [4.69, 9.17) is 0 Å². The highest BCUT2D eigenvalue weighted by molar-refractivity contribution is 5.19.